The summed E-state index contributed by atoms with van der Waals surface area (Å²) in [7, 11) is 3.37. The summed E-state index contributed by atoms with van der Waals surface area (Å²) in [6.45, 7) is 4.05. The van der Waals surface area contributed by atoms with Crippen molar-refractivity contribution < 1.29 is 24.1 Å². The molecule has 3 aromatic rings. The fourth-order valence-electron chi connectivity index (χ4n) is 4.44. The van der Waals surface area contributed by atoms with Crippen molar-refractivity contribution in [2.45, 2.75) is 19.4 Å². The van der Waals surface area contributed by atoms with Crippen LogP contribution in [0.5, 0.6) is 11.5 Å². The number of aliphatic carboxylic acids is 1. The summed E-state index contributed by atoms with van der Waals surface area (Å²) in [5.74, 6) is 0.757. The first-order valence-electron chi connectivity index (χ1n) is 10.9. The van der Waals surface area contributed by atoms with Crippen molar-refractivity contribution in [1.29, 1.82) is 0 Å². The molecule has 0 amide bonds. The molecule has 1 aliphatic rings. The van der Waals surface area contributed by atoms with Gasteiger partial charge in [0, 0.05) is 31.6 Å². The Balaban J connectivity index is 1.83. The third kappa shape index (κ3) is 4.56. The molecule has 6 nitrogen and oxygen atoms in total. The van der Waals surface area contributed by atoms with Crippen LogP contribution in [-0.4, -0.2) is 56.5 Å². The molecule has 4 rings (SSSR count). The minimum absolute atomic E-state index is 0.102. The number of rotatable bonds is 8. The van der Waals surface area contributed by atoms with E-state index in [9.17, 15) is 4.79 Å². The number of fused-ring (bicyclic) bond motifs is 1. The van der Waals surface area contributed by atoms with E-state index in [4.69, 9.17) is 19.3 Å². The number of carboxylic acid groups (broad SMARTS) is 1. The Kier molecular flexibility index (Phi) is 6.93. The van der Waals surface area contributed by atoms with E-state index in [1.165, 1.54) is 0 Å². The fourth-order valence-corrected chi connectivity index (χ4v) is 4.44. The zero-order valence-corrected chi connectivity index (χ0v) is 18.6. The maximum atomic E-state index is 11.1. The maximum absolute atomic E-state index is 11.1. The smallest absolute Gasteiger partial charge is 0.303 e. The topological polar surface area (TPSA) is 68.2 Å². The molecule has 1 aliphatic heterocycles. The van der Waals surface area contributed by atoms with E-state index >= 15 is 0 Å². The lowest BCUT2D eigenvalue weighted by Crippen LogP contribution is -2.35. The molecule has 0 unspecified atom stereocenters. The molecule has 1 N–H and O–H groups in total. The van der Waals surface area contributed by atoms with Gasteiger partial charge in [-0.1, -0.05) is 42.5 Å². The van der Waals surface area contributed by atoms with Crippen LogP contribution in [0.2, 0.25) is 0 Å². The second-order valence-electron chi connectivity index (χ2n) is 7.94. The van der Waals surface area contributed by atoms with Gasteiger partial charge in [0.25, 0.3) is 0 Å². The second kappa shape index (κ2) is 10.0. The van der Waals surface area contributed by atoms with Gasteiger partial charge >= 0.3 is 5.97 Å². The molecule has 0 bridgehead atoms. The molecule has 0 aliphatic carbocycles. The van der Waals surface area contributed by atoms with E-state index in [2.05, 4.69) is 23.1 Å². The fraction of sp³-hybridized carbons (Fsp3) is 0.346. The van der Waals surface area contributed by atoms with Gasteiger partial charge in [0.15, 0.2) is 0 Å². The van der Waals surface area contributed by atoms with E-state index in [-0.39, 0.29) is 6.42 Å². The molecular weight excluding hydrogens is 406 g/mol. The largest absolute Gasteiger partial charge is 0.496 e. The molecule has 0 radical (unpaired) electrons. The maximum Gasteiger partial charge on any atom is 0.303 e. The second-order valence-corrected chi connectivity index (χ2v) is 7.94. The number of carbonyl (C=O) groups is 1. The van der Waals surface area contributed by atoms with Crippen LogP contribution in [0.1, 0.15) is 17.5 Å². The third-order valence-corrected chi connectivity index (χ3v) is 6.01. The number of hydrogen-bond acceptors (Lipinski definition) is 5. The molecule has 1 heterocycles. The van der Waals surface area contributed by atoms with Crippen LogP contribution in [0, 0.1) is 0 Å². The zero-order valence-electron chi connectivity index (χ0n) is 18.6. The minimum atomic E-state index is -0.794. The Bertz CT molecular complexity index is 1100. The Morgan fingerprint density at radius 3 is 2.44 bits per heavy atom. The van der Waals surface area contributed by atoms with E-state index in [0.29, 0.717) is 6.42 Å². The molecule has 0 aromatic heterocycles. The lowest BCUT2D eigenvalue weighted by Gasteiger charge is -2.28. The quantitative estimate of drug-likeness (QED) is 0.567. The van der Waals surface area contributed by atoms with Crippen molar-refractivity contribution in [2.75, 3.05) is 40.5 Å². The van der Waals surface area contributed by atoms with Gasteiger partial charge < -0.3 is 19.3 Å². The number of benzene rings is 3. The molecule has 1 fully saturated rings. The number of methoxy groups -OCH3 is 2. The Labute approximate surface area is 188 Å². The zero-order chi connectivity index (χ0) is 22.5. The van der Waals surface area contributed by atoms with E-state index in [0.717, 1.165) is 77.4 Å². The standard InChI is InChI=1S/C26H29NO5/c1-30-23-11-9-19(17-27-13-15-32-16-14-27)26(31-2)25(23)22-8-4-6-20-18(10-12-24(28)29)5-3-7-21(20)22/h3-9,11H,10,12-17H2,1-2H3,(H,28,29). The summed E-state index contributed by atoms with van der Waals surface area (Å²) in [5.41, 5.74) is 4.05. The summed E-state index contributed by atoms with van der Waals surface area (Å²) in [6, 6.07) is 16.3. The van der Waals surface area contributed by atoms with E-state index in [1.807, 2.05) is 30.3 Å². The van der Waals surface area contributed by atoms with Crippen LogP contribution in [-0.2, 0) is 22.5 Å². The average Bonchev–Trinajstić information content (AvgIpc) is 2.82. The Morgan fingerprint density at radius 1 is 0.969 bits per heavy atom. The Morgan fingerprint density at radius 2 is 1.72 bits per heavy atom. The minimum Gasteiger partial charge on any atom is -0.496 e. The van der Waals surface area contributed by atoms with Gasteiger partial charge in [-0.05, 0) is 34.4 Å². The summed E-state index contributed by atoms with van der Waals surface area (Å²) in [5, 5.41) is 11.2. The molecule has 1 saturated heterocycles. The highest BCUT2D eigenvalue weighted by Crippen LogP contribution is 2.44. The van der Waals surface area contributed by atoms with Gasteiger partial charge in [0.2, 0.25) is 0 Å². The molecule has 168 valence electrons. The number of carboxylic acids is 1. The van der Waals surface area contributed by atoms with Crippen molar-refractivity contribution in [1.82, 2.24) is 4.90 Å². The number of nitrogens with zero attached hydrogens (tertiary/aromatic N) is 1. The van der Waals surface area contributed by atoms with Gasteiger partial charge in [-0.3, -0.25) is 9.69 Å². The van der Waals surface area contributed by atoms with Gasteiger partial charge in [-0.25, -0.2) is 0 Å². The number of aryl methyl sites for hydroxylation is 1. The van der Waals surface area contributed by atoms with Gasteiger partial charge in [0.05, 0.1) is 33.0 Å². The molecule has 0 atom stereocenters. The lowest BCUT2D eigenvalue weighted by molar-refractivity contribution is -0.136. The third-order valence-electron chi connectivity index (χ3n) is 6.01. The summed E-state index contributed by atoms with van der Waals surface area (Å²) in [6.07, 6.45) is 0.590. The van der Waals surface area contributed by atoms with Crippen LogP contribution in [0.3, 0.4) is 0 Å². The van der Waals surface area contributed by atoms with Gasteiger partial charge in [0.1, 0.15) is 11.5 Å². The van der Waals surface area contributed by atoms with E-state index in [1.54, 1.807) is 14.2 Å². The van der Waals surface area contributed by atoms with Crippen LogP contribution in [0.25, 0.3) is 21.9 Å². The first kappa shape index (κ1) is 22.1. The monoisotopic (exact) mass is 435 g/mol. The van der Waals surface area contributed by atoms with Gasteiger partial charge in [-0.15, -0.1) is 0 Å². The first-order valence-corrected chi connectivity index (χ1v) is 10.9. The van der Waals surface area contributed by atoms with Crippen LogP contribution in [0.4, 0.5) is 0 Å². The van der Waals surface area contributed by atoms with Gasteiger partial charge in [-0.2, -0.15) is 0 Å². The normalized spacial score (nSPS) is 14.4. The lowest BCUT2D eigenvalue weighted by atomic mass is 9.92. The Hall–Kier alpha value is -3.09. The molecule has 0 spiro atoms. The molecule has 3 aromatic carbocycles. The molecular formula is C26H29NO5. The highest BCUT2D eigenvalue weighted by Gasteiger charge is 2.21. The van der Waals surface area contributed by atoms with Crippen molar-refractivity contribution in [2.24, 2.45) is 0 Å². The molecule has 0 saturated carbocycles. The predicted octanol–water partition coefficient (Wildman–Crippen LogP) is 4.37. The van der Waals surface area contributed by atoms with E-state index < -0.39 is 5.97 Å². The molecule has 6 heteroatoms. The predicted molar refractivity (Wildman–Crippen MR) is 125 cm³/mol. The highest BCUT2D eigenvalue weighted by atomic mass is 16.5. The summed E-state index contributed by atoms with van der Waals surface area (Å²) >= 11 is 0. The van der Waals surface area contributed by atoms with Crippen molar-refractivity contribution in [3.63, 3.8) is 0 Å². The van der Waals surface area contributed by atoms with Crippen molar-refractivity contribution in [3.8, 4) is 22.6 Å². The SMILES string of the molecule is COc1ccc(CN2CCOCC2)c(OC)c1-c1cccc2c(CCC(=O)O)cccc12. The van der Waals surface area contributed by atoms with Crippen molar-refractivity contribution >= 4 is 16.7 Å². The van der Waals surface area contributed by atoms with Crippen LogP contribution in [0.15, 0.2) is 48.5 Å². The molecule has 32 heavy (non-hydrogen) atoms. The summed E-state index contributed by atoms with van der Waals surface area (Å²) in [4.78, 5) is 13.5. The van der Waals surface area contributed by atoms with Crippen molar-refractivity contribution in [3.05, 3.63) is 59.7 Å². The number of hydrogen-bond donors (Lipinski definition) is 1. The first-order chi connectivity index (χ1) is 15.6. The highest BCUT2D eigenvalue weighted by molar-refractivity contribution is 6.01. The number of morpholine rings is 1. The number of ether oxygens (including phenoxy) is 3. The average molecular weight is 436 g/mol. The van der Waals surface area contributed by atoms with Crippen LogP contribution >= 0.6 is 0 Å². The van der Waals surface area contributed by atoms with Crippen LogP contribution < -0.4 is 9.47 Å². The summed E-state index contributed by atoms with van der Waals surface area (Å²) < 4.78 is 17.2.